The van der Waals surface area contributed by atoms with E-state index in [-0.39, 0.29) is 19.1 Å². The molecule has 0 heterocycles. The minimum absolute atomic E-state index is 0.0796. The van der Waals surface area contributed by atoms with Gasteiger partial charge < -0.3 is 15.9 Å². The topological polar surface area (TPSA) is 66.5 Å². The Morgan fingerprint density at radius 3 is 2.38 bits per heavy atom. The van der Waals surface area contributed by atoms with Crippen LogP contribution in [0, 0.1) is 6.92 Å². The zero-order valence-corrected chi connectivity index (χ0v) is 7.70. The van der Waals surface area contributed by atoms with Crippen molar-refractivity contribution < 1.29 is 10.2 Å². The monoisotopic (exact) mass is 181 g/mol. The molecule has 0 atom stereocenters. The molecule has 0 aliphatic carbocycles. The fourth-order valence-corrected chi connectivity index (χ4v) is 1.32. The molecule has 0 spiro atoms. The van der Waals surface area contributed by atoms with Gasteiger partial charge in [-0.05, 0) is 24.1 Å². The molecule has 13 heavy (non-hydrogen) atoms. The molecule has 1 aromatic rings. The van der Waals surface area contributed by atoms with Crippen molar-refractivity contribution in [2.75, 3.05) is 18.9 Å². The van der Waals surface area contributed by atoms with Gasteiger partial charge in [0.15, 0.2) is 0 Å². The predicted molar refractivity (Wildman–Crippen MR) is 52.5 cm³/mol. The molecule has 3 heteroatoms. The van der Waals surface area contributed by atoms with Gasteiger partial charge in [0.05, 0.1) is 13.2 Å². The van der Waals surface area contributed by atoms with Crippen molar-refractivity contribution >= 4 is 5.69 Å². The lowest BCUT2D eigenvalue weighted by atomic mass is 9.98. The standard InChI is InChI=1S/C10H15NO2/c1-7-2-3-9(10(11)4-7)8(5-12)6-13/h2-4,8,12-13H,5-6,11H2,1H3. The molecule has 1 rings (SSSR count). The van der Waals surface area contributed by atoms with Crippen LogP contribution >= 0.6 is 0 Å². The lowest BCUT2D eigenvalue weighted by Crippen LogP contribution is -2.11. The molecule has 0 fully saturated rings. The van der Waals surface area contributed by atoms with Crippen LogP contribution in [0.1, 0.15) is 17.0 Å². The Balaban J connectivity index is 2.99. The Kier molecular flexibility index (Phi) is 3.28. The summed E-state index contributed by atoms with van der Waals surface area (Å²) in [5.74, 6) is -0.263. The van der Waals surface area contributed by atoms with Gasteiger partial charge in [-0.3, -0.25) is 0 Å². The Bertz CT molecular complexity index is 282. The number of aliphatic hydroxyl groups is 2. The summed E-state index contributed by atoms with van der Waals surface area (Å²) in [6.45, 7) is 1.79. The normalized spacial score (nSPS) is 10.8. The third-order valence-corrected chi connectivity index (χ3v) is 2.12. The summed E-state index contributed by atoms with van der Waals surface area (Å²) in [5, 5.41) is 17.9. The minimum atomic E-state index is -0.263. The van der Waals surface area contributed by atoms with Crippen molar-refractivity contribution in [3.05, 3.63) is 29.3 Å². The van der Waals surface area contributed by atoms with Crippen LogP contribution in [0.4, 0.5) is 5.69 Å². The van der Waals surface area contributed by atoms with Crippen molar-refractivity contribution in [1.29, 1.82) is 0 Å². The van der Waals surface area contributed by atoms with Gasteiger partial charge in [-0.2, -0.15) is 0 Å². The summed E-state index contributed by atoms with van der Waals surface area (Å²) in [6, 6.07) is 5.61. The van der Waals surface area contributed by atoms with Crippen LogP contribution < -0.4 is 5.73 Å². The van der Waals surface area contributed by atoms with Gasteiger partial charge in [0.2, 0.25) is 0 Å². The first kappa shape index (κ1) is 10.0. The summed E-state index contributed by atoms with van der Waals surface area (Å²) < 4.78 is 0. The van der Waals surface area contributed by atoms with Crippen LogP contribution in [0.25, 0.3) is 0 Å². The number of aryl methyl sites for hydroxylation is 1. The molecule has 4 N–H and O–H groups in total. The van der Waals surface area contributed by atoms with Crippen LogP contribution in [0.2, 0.25) is 0 Å². The first-order valence-corrected chi connectivity index (χ1v) is 4.26. The van der Waals surface area contributed by atoms with Crippen molar-refractivity contribution in [2.45, 2.75) is 12.8 Å². The Hall–Kier alpha value is -1.06. The number of rotatable bonds is 3. The Labute approximate surface area is 77.8 Å². The number of benzene rings is 1. The maximum Gasteiger partial charge on any atom is 0.0522 e. The fourth-order valence-electron chi connectivity index (χ4n) is 1.32. The highest BCUT2D eigenvalue weighted by Gasteiger charge is 2.11. The summed E-state index contributed by atoms with van der Waals surface area (Å²) in [5.41, 5.74) is 8.28. The van der Waals surface area contributed by atoms with Gasteiger partial charge >= 0.3 is 0 Å². The second kappa shape index (κ2) is 4.25. The van der Waals surface area contributed by atoms with Gasteiger partial charge in [0.1, 0.15) is 0 Å². The van der Waals surface area contributed by atoms with Crippen molar-refractivity contribution in [3.8, 4) is 0 Å². The van der Waals surface area contributed by atoms with E-state index in [2.05, 4.69) is 0 Å². The Morgan fingerprint density at radius 2 is 1.92 bits per heavy atom. The van der Waals surface area contributed by atoms with Crippen LogP contribution in [0.5, 0.6) is 0 Å². The molecule has 1 aromatic carbocycles. The van der Waals surface area contributed by atoms with Gasteiger partial charge in [0.25, 0.3) is 0 Å². The van der Waals surface area contributed by atoms with Crippen LogP contribution in [0.15, 0.2) is 18.2 Å². The molecular weight excluding hydrogens is 166 g/mol. The molecule has 0 saturated carbocycles. The minimum Gasteiger partial charge on any atom is -0.398 e. The average Bonchev–Trinajstić information content (AvgIpc) is 2.10. The van der Waals surface area contributed by atoms with E-state index in [1.807, 2.05) is 25.1 Å². The fraction of sp³-hybridized carbons (Fsp3) is 0.400. The lowest BCUT2D eigenvalue weighted by molar-refractivity contribution is 0.193. The zero-order valence-electron chi connectivity index (χ0n) is 7.70. The number of hydrogen-bond acceptors (Lipinski definition) is 3. The highest BCUT2D eigenvalue weighted by molar-refractivity contribution is 5.50. The lowest BCUT2D eigenvalue weighted by Gasteiger charge is -2.14. The molecule has 0 aliphatic heterocycles. The quantitative estimate of drug-likeness (QED) is 0.600. The first-order valence-electron chi connectivity index (χ1n) is 4.26. The maximum atomic E-state index is 8.96. The van der Waals surface area contributed by atoms with Gasteiger partial charge in [0, 0.05) is 11.6 Å². The molecule has 3 nitrogen and oxygen atoms in total. The van der Waals surface area contributed by atoms with Gasteiger partial charge in [-0.25, -0.2) is 0 Å². The van der Waals surface area contributed by atoms with E-state index in [9.17, 15) is 0 Å². The maximum absolute atomic E-state index is 8.96. The second-order valence-electron chi connectivity index (χ2n) is 3.19. The molecule has 0 aromatic heterocycles. The summed E-state index contributed by atoms with van der Waals surface area (Å²) in [6.07, 6.45) is 0. The predicted octanol–water partition coefficient (Wildman–Crippen LogP) is 0.645. The number of anilines is 1. The van der Waals surface area contributed by atoms with E-state index in [0.29, 0.717) is 5.69 Å². The number of nitrogen functional groups attached to an aromatic ring is 1. The van der Waals surface area contributed by atoms with Crippen molar-refractivity contribution in [3.63, 3.8) is 0 Å². The summed E-state index contributed by atoms with van der Waals surface area (Å²) >= 11 is 0. The highest BCUT2D eigenvalue weighted by atomic mass is 16.3. The highest BCUT2D eigenvalue weighted by Crippen LogP contribution is 2.22. The van der Waals surface area contributed by atoms with E-state index in [0.717, 1.165) is 11.1 Å². The summed E-state index contributed by atoms with van der Waals surface area (Å²) in [4.78, 5) is 0. The molecule has 72 valence electrons. The van der Waals surface area contributed by atoms with Crippen LogP contribution in [-0.4, -0.2) is 23.4 Å². The third kappa shape index (κ3) is 2.20. The number of aliphatic hydroxyl groups excluding tert-OH is 2. The summed E-state index contributed by atoms with van der Waals surface area (Å²) in [7, 11) is 0. The third-order valence-electron chi connectivity index (χ3n) is 2.12. The van der Waals surface area contributed by atoms with E-state index in [1.165, 1.54) is 0 Å². The molecule has 0 radical (unpaired) electrons. The second-order valence-corrected chi connectivity index (χ2v) is 3.19. The van der Waals surface area contributed by atoms with Crippen LogP contribution in [-0.2, 0) is 0 Å². The van der Waals surface area contributed by atoms with Crippen molar-refractivity contribution in [2.24, 2.45) is 0 Å². The first-order chi connectivity index (χ1) is 6.19. The van der Waals surface area contributed by atoms with E-state index >= 15 is 0 Å². The molecule has 0 aliphatic rings. The van der Waals surface area contributed by atoms with Crippen LogP contribution in [0.3, 0.4) is 0 Å². The molecule has 0 bridgehead atoms. The Morgan fingerprint density at radius 1 is 1.31 bits per heavy atom. The largest absolute Gasteiger partial charge is 0.398 e. The van der Waals surface area contributed by atoms with Gasteiger partial charge in [-0.15, -0.1) is 0 Å². The van der Waals surface area contributed by atoms with E-state index in [4.69, 9.17) is 15.9 Å². The van der Waals surface area contributed by atoms with Gasteiger partial charge in [-0.1, -0.05) is 12.1 Å². The average molecular weight is 181 g/mol. The molecule has 0 saturated heterocycles. The van der Waals surface area contributed by atoms with E-state index < -0.39 is 0 Å². The zero-order chi connectivity index (χ0) is 9.84. The molecule has 0 unspecified atom stereocenters. The number of hydrogen-bond donors (Lipinski definition) is 3. The smallest absolute Gasteiger partial charge is 0.0522 e. The SMILES string of the molecule is Cc1ccc(C(CO)CO)c(N)c1. The van der Waals surface area contributed by atoms with Crippen molar-refractivity contribution in [1.82, 2.24) is 0 Å². The molecule has 0 amide bonds. The van der Waals surface area contributed by atoms with E-state index in [1.54, 1.807) is 0 Å². The number of nitrogens with two attached hydrogens (primary N) is 1. The molecular formula is C10H15NO2.